The Labute approximate surface area is 119 Å². The Morgan fingerprint density at radius 2 is 2.22 bits per heavy atom. The first-order chi connectivity index (χ1) is 8.70. The number of halogens is 2. The summed E-state index contributed by atoms with van der Waals surface area (Å²) < 4.78 is 1.05. The Bertz CT molecular complexity index is 533. The van der Waals surface area contributed by atoms with Crippen molar-refractivity contribution in [1.82, 2.24) is 10.4 Å². The maximum Gasteiger partial charge on any atom is 0.0637 e. The first-order valence-corrected chi connectivity index (χ1v) is 6.68. The van der Waals surface area contributed by atoms with Gasteiger partial charge < -0.3 is 0 Å². The Morgan fingerprint density at radius 1 is 1.39 bits per heavy atom. The zero-order valence-corrected chi connectivity index (χ0v) is 11.9. The smallest absolute Gasteiger partial charge is 0.0637 e. The SMILES string of the molecule is NNC(Cc1cccc(Br)c1)c1ccncc1Cl. The van der Waals surface area contributed by atoms with E-state index in [-0.39, 0.29) is 6.04 Å². The molecule has 3 N–H and O–H groups in total. The van der Waals surface area contributed by atoms with Crippen LogP contribution in [0.3, 0.4) is 0 Å². The van der Waals surface area contributed by atoms with Crippen molar-refractivity contribution in [3.63, 3.8) is 0 Å². The van der Waals surface area contributed by atoms with Gasteiger partial charge in [-0.25, -0.2) is 0 Å². The van der Waals surface area contributed by atoms with Crippen LogP contribution in [-0.2, 0) is 6.42 Å². The normalized spacial score (nSPS) is 12.4. The first kappa shape index (κ1) is 13.5. The molecule has 0 aliphatic heterocycles. The lowest BCUT2D eigenvalue weighted by Gasteiger charge is -2.17. The lowest BCUT2D eigenvalue weighted by atomic mass is 10.0. The molecule has 3 nitrogen and oxygen atoms in total. The highest BCUT2D eigenvalue weighted by molar-refractivity contribution is 9.10. The molecule has 94 valence electrons. The number of hydrazine groups is 1. The standard InChI is InChI=1S/C13H13BrClN3/c14-10-3-1-2-9(6-10)7-13(18-16)11-4-5-17-8-12(11)15/h1-6,8,13,18H,7,16H2. The third-order valence-electron chi connectivity index (χ3n) is 2.71. The molecule has 2 aromatic rings. The second kappa shape index (κ2) is 6.29. The molecule has 1 unspecified atom stereocenters. The molecule has 0 saturated heterocycles. The van der Waals surface area contributed by atoms with Crippen LogP contribution in [0.5, 0.6) is 0 Å². The summed E-state index contributed by atoms with van der Waals surface area (Å²) in [5, 5.41) is 0.621. The highest BCUT2D eigenvalue weighted by Gasteiger charge is 2.13. The summed E-state index contributed by atoms with van der Waals surface area (Å²) in [7, 11) is 0. The van der Waals surface area contributed by atoms with Gasteiger partial charge in [-0.15, -0.1) is 0 Å². The summed E-state index contributed by atoms with van der Waals surface area (Å²) in [4.78, 5) is 3.97. The summed E-state index contributed by atoms with van der Waals surface area (Å²) in [6.45, 7) is 0. The number of hydrogen-bond donors (Lipinski definition) is 2. The molecule has 0 bridgehead atoms. The van der Waals surface area contributed by atoms with Gasteiger partial charge in [0.1, 0.15) is 0 Å². The molecule has 18 heavy (non-hydrogen) atoms. The van der Waals surface area contributed by atoms with E-state index in [9.17, 15) is 0 Å². The van der Waals surface area contributed by atoms with Crippen molar-refractivity contribution in [2.75, 3.05) is 0 Å². The van der Waals surface area contributed by atoms with Crippen molar-refractivity contribution in [2.45, 2.75) is 12.5 Å². The van der Waals surface area contributed by atoms with Gasteiger partial charge in [0.05, 0.1) is 11.1 Å². The van der Waals surface area contributed by atoms with Gasteiger partial charge >= 0.3 is 0 Å². The van der Waals surface area contributed by atoms with E-state index in [2.05, 4.69) is 38.5 Å². The summed E-state index contributed by atoms with van der Waals surface area (Å²) in [5.41, 5.74) is 4.93. The lowest BCUT2D eigenvalue weighted by Crippen LogP contribution is -2.29. The van der Waals surface area contributed by atoms with Crippen LogP contribution in [0.4, 0.5) is 0 Å². The molecule has 0 saturated carbocycles. The molecule has 0 amide bonds. The van der Waals surface area contributed by atoms with Gasteiger partial charge in [0.25, 0.3) is 0 Å². The third-order valence-corrected chi connectivity index (χ3v) is 3.52. The molecule has 1 aromatic heterocycles. The molecule has 0 spiro atoms. The molecular formula is C13H13BrClN3. The van der Waals surface area contributed by atoms with Gasteiger partial charge in [-0.3, -0.25) is 16.3 Å². The maximum atomic E-state index is 6.13. The van der Waals surface area contributed by atoms with Crippen LogP contribution in [0.1, 0.15) is 17.2 Å². The maximum absolute atomic E-state index is 6.13. The van der Waals surface area contributed by atoms with Crippen LogP contribution >= 0.6 is 27.5 Å². The van der Waals surface area contributed by atoms with Crippen LogP contribution in [0, 0.1) is 0 Å². The van der Waals surface area contributed by atoms with Gasteiger partial charge in [0, 0.05) is 16.9 Å². The number of nitrogens with two attached hydrogens (primary N) is 1. The van der Waals surface area contributed by atoms with E-state index in [1.54, 1.807) is 12.4 Å². The van der Waals surface area contributed by atoms with Crippen molar-refractivity contribution in [3.05, 3.63) is 63.3 Å². The highest BCUT2D eigenvalue weighted by atomic mass is 79.9. The average Bonchev–Trinajstić information content (AvgIpc) is 2.37. The Hall–Kier alpha value is -0.940. The largest absolute Gasteiger partial charge is 0.271 e. The van der Waals surface area contributed by atoms with Crippen molar-refractivity contribution in [3.8, 4) is 0 Å². The highest BCUT2D eigenvalue weighted by Crippen LogP contribution is 2.25. The van der Waals surface area contributed by atoms with E-state index in [1.807, 2.05) is 18.2 Å². The van der Waals surface area contributed by atoms with Crippen molar-refractivity contribution in [1.29, 1.82) is 0 Å². The molecule has 1 atom stereocenters. The minimum absolute atomic E-state index is 0.0326. The second-order valence-electron chi connectivity index (χ2n) is 3.95. The summed E-state index contributed by atoms with van der Waals surface area (Å²) in [6.07, 6.45) is 4.11. The van der Waals surface area contributed by atoms with E-state index in [0.29, 0.717) is 5.02 Å². The van der Waals surface area contributed by atoms with E-state index >= 15 is 0 Å². The fraction of sp³-hybridized carbons (Fsp3) is 0.154. The number of nitrogens with zero attached hydrogens (tertiary/aromatic N) is 1. The molecule has 0 aliphatic carbocycles. The summed E-state index contributed by atoms with van der Waals surface area (Å²) in [6, 6.07) is 9.97. The molecule has 0 radical (unpaired) electrons. The van der Waals surface area contributed by atoms with Gasteiger partial charge in [0.15, 0.2) is 0 Å². The predicted molar refractivity (Wildman–Crippen MR) is 77.2 cm³/mol. The van der Waals surface area contributed by atoms with E-state index in [0.717, 1.165) is 16.5 Å². The summed E-state index contributed by atoms with van der Waals surface area (Å²) in [5.74, 6) is 5.62. The van der Waals surface area contributed by atoms with Crippen LogP contribution in [0.2, 0.25) is 5.02 Å². The monoisotopic (exact) mass is 325 g/mol. The number of benzene rings is 1. The van der Waals surface area contributed by atoms with E-state index in [1.165, 1.54) is 5.56 Å². The van der Waals surface area contributed by atoms with Crippen LogP contribution < -0.4 is 11.3 Å². The molecule has 0 fully saturated rings. The first-order valence-electron chi connectivity index (χ1n) is 5.50. The van der Waals surface area contributed by atoms with E-state index in [4.69, 9.17) is 17.4 Å². The molecule has 5 heteroatoms. The lowest BCUT2D eigenvalue weighted by molar-refractivity contribution is 0.551. The zero-order valence-electron chi connectivity index (χ0n) is 9.61. The minimum atomic E-state index is -0.0326. The van der Waals surface area contributed by atoms with Crippen molar-refractivity contribution in [2.24, 2.45) is 5.84 Å². The third kappa shape index (κ3) is 3.29. The van der Waals surface area contributed by atoms with Gasteiger partial charge in [-0.05, 0) is 35.7 Å². The number of hydrogen-bond acceptors (Lipinski definition) is 3. The van der Waals surface area contributed by atoms with Crippen molar-refractivity contribution < 1.29 is 0 Å². The molecule has 2 rings (SSSR count). The Morgan fingerprint density at radius 3 is 2.89 bits per heavy atom. The van der Waals surface area contributed by atoms with Gasteiger partial charge in [0.2, 0.25) is 0 Å². The van der Waals surface area contributed by atoms with Crippen LogP contribution in [0.25, 0.3) is 0 Å². The van der Waals surface area contributed by atoms with Crippen LogP contribution in [0.15, 0.2) is 47.2 Å². The average molecular weight is 327 g/mol. The van der Waals surface area contributed by atoms with Gasteiger partial charge in [-0.1, -0.05) is 39.7 Å². The molecule has 0 aliphatic rings. The predicted octanol–water partition coefficient (Wildman–Crippen LogP) is 3.24. The van der Waals surface area contributed by atoms with Crippen molar-refractivity contribution >= 4 is 27.5 Å². The molecular weight excluding hydrogens is 314 g/mol. The fourth-order valence-corrected chi connectivity index (χ4v) is 2.52. The number of aromatic nitrogens is 1. The van der Waals surface area contributed by atoms with Crippen LogP contribution in [-0.4, -0.2) is 4.98 Å². The van der Waals surface area contributed by atoms with Gasteiger partial charge in [-0.2, -0.15) is 0 Å². The fourth-order valence-electron chi connectivity index (χ4n) is 1.83. The Kier molecular flexibility index (Phi) is 4.72. The second-order valence-corrected chi connectivity index (χ2v) is 5.27. The Balaban J connectivity index is 2.23. The minimum Gasteiger partial charge on any atom is -0.271 e. The number of nitrogens with one attached hydrogen (secondary N) is 1. The zero-order chi connectivity index (χ0) is 13.0. The van der Waals surface area contributed by atoms with E-state index < -0.39 is 0 Å². The quantitative estimate of drug-likeness (QED) is 0.670. The number of rotatable bonds is 4. The number of pyridine rings is 1. The summed E-state index contributed by atoms with van der Waals surface area (Å²) >= 11 is 9.58. The molecule has 1 aromatic carbocycles. The topological polar surface area (TPSA) is 50.9 Å². The molecule has 1 heterocycles.